The minimum Gasteiger partial charge on any atom is -0.271 e. The average Bonchev–Trinajstić information content (AvgIpc) is 3.31. The van der Waals surface area contributed by atoms with Gasteiger partial charge in [-0.2, -0.15) is 0 Å². The molecule has 194 valence electrons. The first-order valence-corrected chi connectivity index (χ1v) is 14.9. The van der Waals surface area contributed by atoms with Crippen LogP contribution in [0.15, 0.2) is 89.0 Å². The van der Waals surface area contributed by atoms with Crippen LogP contribution in [0.3, 0.4) is 0 Å². The van der Waals surface area contributed by atoms with Crippen LogP contribution in [0.4, 0.5) is 0 Å². The van der Waals surface area contributed by atoms with Crippen molar-refractivity contribution >= 4 is 55.9 Å². The van der Waals surface area contributed by atoms with Crippen molar-refractivity contribution in [1.82, 2.24) is 24.5 Å². The zero-order valence-electron chi connectivity index (χ0n) is 20.5. The van der Waals surface area contributed by atoms with Crippen molar-refractivity contribution in [3.63, 3.8) is 0 Å². The Labute approximate surface area is 235 Å². The smallest absolute Gasteiger partial charge is 0.243 e. The summed E-state index contributed by atoms with van der Waals surface area (Å²) < 4.78 is 31.5. The van der Waals surface area contributed by atoms with E-state index in [0.717, 1.165) is 16.5 Å². The number of benzene rings is 3. The predicted octanol–water partition coefficient (Wildman–Crippen LogP) is 6.76. The molecule has 5 aromatic rings. The van der Waals surface area contributed by atoms with Gasteiger partial charge in [0, 0.05) is 22.4 Å². The van der Waals surface area contributed by atoms with E-state index in [1.807, 2.05) is 37.3 Å². The maximum atomic E-state index is 13.5. The normalized spacial score (nSPS) is 12.6. The molecule has 0 bridgehead atoms. The standard InChI is InChI=1S/C27H23Cl2N5O2S2/c1-17-6-3-7-19(14-17)16-37-27-32-31-26(34(27)23-12-11-21(28)15-22(23)29)18(2)33-38(35,36)24-10-4-8-20-9-5-13-30-25(20)24/h3-15,18,33H,16H2,1-2H3. The molecule has 0 aliphatic carbocycles. The summed E-state index contributed by atoms with van der Waals surface area (Å²) in [5.74, 6) is 1.03. The van der Waals surface area contributed by atoms with Crippen LogP contribution in [-0.4, -0.2) is 28.2 Å². The van der Waals surface area contributed by atoms with Gasteiger partial charge in [0.25, 0.3) is 0 Å². The lowest BCUT2D eigenvalue weighted by molar-refractivity contribution is 0.556. The van der Waals surface area contributed by atoms with Gasteiger partial charge in [-0.15, -0.1) is 10.2 Å². The Morgan fingerprint density at radius 3 is 2.58 bits per heavy atom. The number of para-hydroxylation sites is 1. The minimum absolute atomic E-state index is 0.0899. The van der Waals surface area contributed by atoms with Gasteiger partial charge in [0.05, 0.1) is 22.3 Å². The summed E-state index contributed by atoms with van der Waals surface area (Å²) in [6.07, 6.45) is 1.57. The number of halogens is 2. The van der Waals surface area contributed by atoms with Crippen LogP contribution in [0.25, 0.3) is 16.6 Å². The number of hydrogen-bond acceptors (Lipinski definition) is 6. The van der Waals surface area contributed by atoms with Crippen LogP contribution in [-0.2, 0) is 15.8 Å². The van der Waals surface area contributed by atoms with E-state index in [1.165, 1.54) is 17.8 Å². The molecule has 5 rings (SSSR count). The van der Waals surface area contributed by atoms with E-state index in [9.17, 15) is 8.42 Å². The largest absolute Gasteiger partial charge is 0.271 e. The van der Waals surface area contributed by atoms with Gasteiger partial charge in [-0.25, -0.2) is 13.1 Å². The molecule has 2 heterocycles. The average molecular weight is 585 g/mol. The molecule has 11 heteroatoms. The molecule has 0 aliphatic heterocycles. The second kappa shape index (κ2) is 11.0. The Kier molecular flexibility index (Phi) is 7.74. The molecule has 0 aliphatic rings. The Balaban J connectivity index is 1.52. The van der Waals surface area contributed by atoms with Crippen molar-refractivity contribution in [3.8, 4) is 5.69 Å². The molecule has 0 saturated heterocycles. The summed E-state index contributed by atoms with van der Waals surface area (Å²) >= 11 is 14.2. The molecule has 0 saturated carbocycles. The molecule has 7 nitrogen and oxygen atoms in total. The number of fused-ring (bicyclic) bond motifs is 1. The van der Waals surface area contributed by atoms with E-state index in [0.29, 0.717) is 38.0 Å². The van der Waals surface area contributed by atoms with Gasteiger partial charge in [0.15, 0.2) is 11.0 Å². The first-order chi connectivity index (χ1) is 18.2. The van der Waals surface area contributed by atoms with E-state index < -0.39 is 16.1 Å². The summed E-state index contributed by atoms with van der Waals surface area (Å²) in [6.45, 7) is 3.76. The van der Waals surface area contributed by atoms with Gasteiger partial charge >= 0.3 is 0 Å². The van der Waals surface area contributed by atoms with Gasteiger partial charge in [-0.05, 0) is 49.7 Å². The lowest BCUT2D eigenvalue weighted by Crippen LogP contribution is -2.29. The van der Waals surface area contributed by atoms with Crippen molar-refractivity contribution in [2.45, 2.75) is 35.7 Å². The van der Waals surface area contributed by atoms with Crippen LogP contribution >= 0.6 is 35.0 Å². The van der Waals surface area contributed by atoms with Gasteiger partial charge in [-0.3, -0.25) is 9.55 Å². The zero-order chi connectivity index (χ0) is 26.9. The molecule has 2 aromatic heterocycles. The molecule has 1 N–H and O–H groups in total. The summed E-state index contributed by atoms with van der Waals surface area (Å²) in [5.41, 5.74) is 3.29. The van der Waals surface area contributed by atoms with E-state index in [2.05, 4.69) is 26.0 Å². The number of rotatable bonds is 8. The summed E-state index contributed by atoms with van der Waals surface area (Å²) in [4.78, 5) is 4.38. The van der Waals surface area contributed by atoms with Gasteiger partial charge < -0.3 is 0 Å². The fraction of sp³-hybridized carbons (Fsp3) is 0.148. The molecular formula is C27H23Cl2N5O2S2. The van der Waals surface area contributed by atoms with Crippen molar-refractivity contribution in [3.05, 3.63) is 106 Å². The van der Waals surface area contributed by atoms with E-state index >= 15 is 0 Å². The van der Waals surface area contributed by atoms with Gasteiger partial charge in [0.1, 0.15) is 4.90 Å². The third-order valence-corrected chi connectivity index (χ3v) is 8.97. The van der Waals surface area contributed by atoms with Crippen molar-refractivity contribution in [2.75, 3.05) is 0 Å². The summed E-state index contributed by atoms with van der Waals surface area (Å²) in [7, 11) is -3.96. The monoisotopic (exact) mass is 583 g/mol. The lowest BCUT2D eigenvalue weighted by Gasteiger charge is -2.18. The van der Waals surface area contributed by atoms with Crippen LogP contribution in [0.1, 0.15) is 29.9 Å². The van der Waals surface area contributed by atoms with Crippen molar-refractivity contribution in [1.29, 1.82) is 0 Å². The maximum Gasteiger partial charge on any atom is 0.243 e. The fourth-order valence-electron chi connectivity index (χ4n) is 4.14. The third-order valence-electron chi connectivity index (χ3n) is 5.86. The van der Waals surface area contributed by atoms with Crippen molar-refractivity contribution in [2.24, 2.45) is 0 Å². The quantitative estimate of drug-likeness (QED) is 0.203. The van der Waals surface area contributed by atoms with Crippen molar-refractivity contribution < 1.29 is 8.42 Å². The number of aromatic nitrogens is 4. The van der Waals surface area contributed by atoms with Gasteiger partial charge in [0.2, 0.25) is 10.0 Å². The lowest BCUT2D eigenvalue weighted by atomic mass is 10.2. The molecule has 0 radical (unpaired) electrons. The SMILES string of the molecule is Cc1cccc(CSc2nnc(C(C)NS(=O)(=O)c3cccc4cccnc34)n2-c2ccc(Cl)cc2Cl)c1. The zero-order valence-corrected chi connectivity index (χ0v) is 23.6. The second-order valence-corrected chi connectivity index (χ2v) is 12.2. The van der Waals surface area contributed by atoms with Crippen LogP contribution < -0.4 is 4.72 Å². The molecule has 0 amide bonds. The second-order valence-electron chi connectivity index (χ2n) is 8.72. The number of sulfonamides is 1. The molecule has 1 unspecified atom stereocenters. The van der Waals surface area contributed by atoms with E-state index in [-0.39, 0.29) is 4.90 Å². The first-order valence-electron chi connectivity index (χ1n) is 11.7. The predicted molar refractivity (Wildman–Crippen MR) is 153 cm³/mol. The maximum absolute atomic E-state index is 13.5. The molecule has 1 atom stereocenters. The number of pyridine rings is 1. The fourth-order valence-corrected chi connectivity index (χ4v) is 6.90. The third kappa shape index (κ3) is 5.57. The number of hydrogen-bond donors (Lipinski definition) is 1. The highest BCUT2D eigenvalue weighted by molar-refractivity contribution is 7.98. The Morgan fingerprint density at radius 1 is 1.00 bits per heavy atom. The minimum atomic E-state index is -3.96. The summed E-state index contributed by atoms with van der Waals surface area (Å²) in [6, 6.07) is 21.2. The molecule has 0 spiro atoms. The van der Waals surface area contributed by atoms with Gasteiger partial charge in [-0.1, -0.05) is 83.0 Å². The first kappa shape index (κ1) is 26.6. The Hall–Kier alpha value is -2.95. The summed E-state index contributed by atoms with van der Waals surface area (Å²) in [5, 5.41) is 11.0. The number of thioether (sulfide) groups is 1. The topological polar surface area (TPSA) is 89.8 Å². The van der Waals surface area contributed by atoms with E-state index in [1.54, 1.807) is 48.0 Å². The van der Waals surface area contributed by atoms with Crippen LogP contribution in [0.5, 0.6) is 0 Å². The number of nitrogens with zero attached hydrogens (tertiary/aromatic N) is 4. The number of aryl methyl sites for hydroxylation is 1. The molecule has 3 aromatic carbocycles. The van der Waals surface area contributed by atoms with E-state index in [4.69, 9.17) is 23.2 Å². The Bertz CT molecular complexity index is 1740. The number of nitrogens with one attached hydrogen (secondary N) is 1. The highest BCUT2D eigenvalue weighted by Gasteiger charge is 2.27. The molecule has 38 heavy (non-hydrogen) atoms. The molecular weight excluding hydrogens is 561 g/mol. The van der Waals surface area contributed by atoms with Crippen LogP contribution in [0, 0.1) is 6.92 Å². The highest BCUT2D eigenvalue weighted by Crippen LogP contribution is 2.33. The highest BCUT2D eigenvalue weighted by atomic mass is 35.5. The Morgan fingerprint density at radius 2 is 1.79 bits per heavy atom. The van der Waals surface area contributed by atoms with Crippen LogP contribution in [0.2, 0.25) is 10.0 Å². The molecule has 0 fully saturated rings.